The molecule has 48 heavy (non-hydrogen) atoms. The van der Waals surface area contributed by atoms with Gasteiger partial charge in [0, 0.05) is 16.3 Å². The molecule has 0 spiro atoms. The lowest BCUT2D eigenvalue weighted by atomic mass is 9.86. The normalized spacial score (nSPS) is 14.1. The summed E-state index contributed by atoms with van der Waals surface area (Å²) in [5.41, 5.74) is 7.71. The molecule has 0 bridgehead atoms. The number of fused-ring (bicyclic) bond motifs is 7. The van der Waals surface area contributed by atoms with Crippen LogP contribution in [0, 0.1) is 0 Å². The SMILES string of the molecule is [2H]c1c([2H])c([2H])c2c(-c3ccc(-c4ccc5c(c4)oc4ccc6c(-c7ccccc7)coc6c45)cc3)c3c([2H])c([2H])c([2H])c([2H])c3c(-c3ccccc3)c2c1[2H]. The van der Waals surface area contributed by atoms with E-state index in [9.17, 15) is 0 Å². The molecule has 0 fully saturated rings. The highest BCUT2D eigenvalue weighted by Crippen LogP contribution is 2.44. The summed E-state index contributed by atoms with van der Waals surface area (Å²) in [7, 11) is 0. The molecule has 2 heterocycles. The highest BCUT2D eigenvalue weighted by atomic mass is 16.3. The van der Waals surface area contributed by atoms with Crippen LogP contribution in [-0.2, 0) is 0 Å². The summed E-state index contributed by atoms with van der Waals surface area (Å²) in [4.78, 5) is 0. The Morgan fingerprint density at radius 2 is 0.938 bits per heavy atom. The van der Waals surface area contributed by atoms with Crippen molar-refractivity contribution < 1.29 is 19.8 Å². The zero-order chi connectivity index (χ0) is 38.6. The van der Waals surface area contributed by atoms with Gasteiger partial charge >= 0.3 is 0 Å². The summed E-state index contributed by atoms with van der Waals surface area (Å²) >= 11 is 0. The first-order chi connectivity index (χ1) is 27.1. The van der Waals surface area contributed by atoms with Crippen LogP contribution in [0.3, 0.4) is 0 Å². The van der Waals surface area contributed by atoms with E-state index in [1.807, 2.05) is 78.9 Å². The molecule has 0 radical (unpaired) electrons. The zero-order valence-electron chi connectivity index (χ0n) is 33.4. The third-order valence-corrected chi connectivity index (χ3v) is 9.20. The predicted molar refractivity (Wildman–Crippen MR) is 200 cm³/mol. The Labute approximate surface area is 288 Å². The Morgan fingerprint density at radius 1 is 0.417 bits per heavy atom. The lowest BCUT2D eigenvalue weighted by molar-refractivity contribution is 0.619. The third kappa shape index (κ3) is 4.06. The van der Waals surface area contributed by atoms with Crippen LogP contribution in [0.4, 0.5) is 0 Å². The van der Waals surface area contributed by atoms with Crippen molar-refractivity contribution in [2.45, 2.75) is 0 Å². The van der Waals surface area contributed by atoms with Gasteiger partial charge in [0.15, 0.2) is 0 Å². The van der Waals surface area contributed by atoms with E-state index in [1.54, 1.807) is 30.5 Å². The average molecular weight is 621 g/mol. The van der Waals surface area contributed by atoms with E-state index in [4.69, 9.17) is 19.8 Å². The number of hydrogen-bond acceptors (Lipinski definition) is 2. The molecule has 10 aromatic rings. The molecule has 0 aliphatic rings. The first kappa shape index (κ1) is 20.0. The molecule has 0 N–H and O–H groups in total. The second-order valence-corrected chi connectivity index (χ2v) is 11.8. The van der Waals surface area contributed by atoms with Gasteiger partial charge in [0.1, 0.15) is 16.7 Å². The van der Waals surface area contributed by atoms with Crippen LogP contribution in [0.5, 0.6) is 0 Å². The van der Waals surface area contributed by atoms with Gasteiger partial charge in [0.2, 0.25) is 0 Å². The van der Waals surface area contributed by atoms with Gasteiger partial charge in [-0.05, 0) is 84.8 Å². The minimum absolute atomic E-state index is 0.184. The molecule has 0 amide bonds. The smallest absolute Gasteiger partial charge is 0.146 e. The molecular formula is C46H28O2. The Morgan fingerprint density at radius 3 is 1.56 bits per heavy atom. The molecular weight excluding hydrogens is 585 g/mol. The van der Waals surface area contributed by atoms with Crippen LogP contribution in [-0.4, -0.2) is 0 Å². The van der Waals surface area contributed by atoms with Gasteiger partial charge in [-0.25, -0.2) is 0 Å². The number of benzene rings is 8. The zero-order valence-corrected chi connectivity index (χ0v) is 25.4. The quantitative estimate of drug-likeness (QED) is 0.183. The highest BCUT2D eigenvalue weighted by molar-refractivity contribution is 6.22. The predicted octanol–water partition coefficient (Wildman–Crippen LogP) is 13.3. The van der Waals surface area contributed by atoms with Gasteiger partial charge < -0.3 is 8.83 Å². The number of hydrogen-bond donors (Lipinski definition) is 0. The first-order valence-electron chi connectivity index (χ1n) is 19.7. The van der Waals surface area contributed by atoms with Crippen molar-refractivity contribution in [2.75, 3.05) is 0 Å². The minimum Gasteiger partial charge on any atom is -0.463 e. The molecule has 0 saturated heterocycles. The number of rotatable bonds is 4. The molecule has 10 rings (SSSR count). The van der Waals surface area contributed by atoms with Gasteiger partial charge in [-0.3, -0.25) is 0 Å². The lowest BCUT2D eigenvalue weighted by Gasteiger charge is -2.18. The van der Waals surface area contributed by atoms with Gasteiger partial charge in [-0.1, -0.05) is 139 Å². The van der Waals surface area contributed by atoms with Crippen LogP contribution >= 0.6 is 0 Å². The van der Waals surface area contributed by atoms with Crippen molar-refractivity contribution >= 4 is 54.5 Å². The van der Waals surface area contributed by atoms with Crippen molar-refractivity contribution in [3.8, 4) is 44.5 Å². The maximum atomic E-state index is 9.17. The van der Waals surface area contributed by atoms with Crippen LogP contribution in [0.2, 0.25) is 0 Å². The lowest BCUT2D eigenvalue weighted by Crippen LogP contribution is -1.90. The maximum Gasteiger partial charge on any atom is 0.146 e. The Balaban J connectivity index is 1.18. The molecule has 0 atom stereocenters. The topological polar surface area (TPSA) is 26.3 Å². The van der Waals surface area contributed by atoms with Crippen molar-refractivity contribution in [1.82, 2.24) is 0 Å². The Kier molecular flexibility index (Phi) is 4.41. The summed E-state index contributed by atoms with van der Waals surface area (Å²) in [6.07, 6.45) is 1.78. The molecule has 0 unspecified atom stereocenters. The largest absolute Gasteiger partial charge is 0.463 e. The first-order valence-corrected chi connectivity index (χ1v) is 15.7. The van der Waals surface area contributed by atoms with Crippen LogP contribution in [0.25, 0.3) is 99.0 Å². The summed E-state index contributed by atoms with van der Waals surface area (Å²) < 4.78 is 83.6. The van der Waals surface area contributed by atoms with Crippen molar-refractivity contribution in [3.05, 3.63) is 170 Å². The average Bonchev–Trinajstić information content (AvgIpc) is 3.84. The van der Waals surface area contributed by atoms with E-state index in [0.29, 0.717) is 33.4 Å². The Bertz CT molecular complexity index is 3180. The van der Waals surface area contributed by atoms with Crippen molar-refractivity contribution in [2.24, 2.45) is 0 Å². The van der Waals surface area contributed by atoms with Crippen molar-refractivity contribution in [3.63, 3.8) is 0 Å². The van der Waals surface area contributed by atoms with Crippen LogP contribution < -0.4 is 0 Å². The second kappa shape index (κ2) is 10.6. The highest BCUT2D eigenvalue weighted by Gasteiger charge is 2.18. The monoisotopic (exact) mass is 620 g/mol. The Hall–Kier alpha value is -6.38. The molecule has 2 nitrogen and oxygen atoms in total. The standard InChI is InChI=1S/C46H28O2/c1-3-11-30(12-4-1)40-28-47-46-38(40)25-26-41-45(46)39-24-23-33(27-42(39)48-41)29-19-21-32(22-20-29)44-36-17-9-7-15-34(36)43(31-13-5-2-6-14-31)35-16-8-10-18-37(35)44/h1-28H/i7D,8D,9D,10D,15D,16D,17D,18D. The molecule has 0 aliphatic heterocycles. The van der Waals surface area contributed by atoms with Gasteiger partial charge in [0.05, 0.1) is 22.6 Å². The minimum atomic E-state index is -0.429. The molecule has 2 aromatic heterocycles. The van der Waals surface area contributed by atoms with Crippen LogP contribution in [0.1, 0.15) is 11.0 Å². The second-order valence-electron chi connectivity index (χ2n) is 11.8. The summed E-state index contributed by atoms with van der Waals surface area (Å²) in [6.45, 7) is 0. The van der Waals surface area contributed by atoms with E-state index >= 15 is 0 Å². The summed E-state index contributed by atoms with van der Waals surface area (Å²) in [6, 6.07) is 33.7. The van der Waals surface area contributed by atoms with Gasteiger partial charge in [-0.2, -0.15) is 0 Å². The maximum absolute atomic E-state index is 9.17. The molecule has 0 saturated carbocycles. The van der Waals surface area contributed by atoms with E-state index in [0.717, 1.165) is 44.0 Å². The van der Waals surface area contributed by atoms with E-state index < -0.39 is 24.2 Å². The van der Waals surface area contributed by atoms with Crippen LogP contribution in [0.15, 0.2) is 179 Å². The third-order valence-electron chi connectivity index (χ3n) is 9.20. The fraction of sp³-hybridized carbons (Fsp3) is 0. The van der Waals surface area contributed by atoms with E-state index in [1.165, 1.54) is 0 Å². The van der Waals surface area contributed by atoms with Crippen molar-refractivity contribution in [1.29, 1.82) is 0 Å². The van der Waals surface area contributed by atoms with E-state index in [2.05, 4.69) is 12.1 Å². The van der Waals surface area contributed by atoms with Gasteiger partial charge in [0.25, 0.3) is 0 Å². The molecule has 2 heteroatoms. The fourth-order valence-electron chi connectivity index (χ4n) is 7.01. The van der Waals surface area contributed by atoms with Gasteiger partial charge in [-0.15, -0.1) is 0 Å². The fourth-order valence-corrected chi connectivity index (χ4v) is 7.01. The number of furan rings is 2. The molecule has 0 aliphatic carbocycles. The summed E-state index contributed by atoms with van der Waals surface area (Å²) in [5, 5.41) is 3.56. The molecule has 224 valence electrons. The van der Waals surface area contributed by atoms with E-state index in [-0.39, 0.29) is 45.7 Å². The molecule has 8 aromatic carbocycles. The summed E-state index contributed by atoms with van der Waals surface area (Å²) in [5.74, 6) is 0.